The molecular weight excluding hydrogens is 381 g/mol. The van der Waals surface area contributed by atoms with E-state index in [1.54, 1.807) is 7.11 Å². The van der Waals surface area contributed by atoms with Gasteiger partial charge in [0.1, 0.15) is 12.0 Å². The number of methoxy groups -OCH3 is 1. The quantitative estimate of drug-likeness (QED) is 0.661. The topological polar surface area (TPSA) is 38.3 Å². The number of ether oxygens (including phenoxy) is 1. The first-order chi connectivity index (χ1) is 13.1. The molecule has 0 bridgehead atoms. The van der Waals surface area contributed by atoms with Gasteiger partial charge in [-0.3, -0.25) is 0 Å². The Balaban J connectivity index is 2.07. The summed E-state index contributed by atoms with van der Waals surface area (Å²) >= 11 is 12.7. The maximum Gasteiger partial charge on any atom is 0.123 e. The van der Waals surface area contributed by atoms with Gasteiger partial charge in [0.15, 0.2) is 0 Å². The lowest BCUT2D eigenvalue weighted by Gasteiger charge is -2.42. The molecule has 2 aromatic carbocycles. The van der Waals surface area contributed by atoms with E-state index in [4.69, 9.17) is 27.9 Å². The van der Waals surface area contributed by atoms with Crippen LogP contribution in [0.2, 0.25) is 10.0 Å². The average Bonchev–Trinajstić information content (AvgIpc) is 2.68. The minimum absolute atomic E-state index is 0.0337. The second-order valence-corrected chi connectivity index (χ2v) is 8.01. The third-order valence-corrected chi connectivity index (χ3v) is 6.31. The SMILES string of the molecule is CNCC1C(C=O)CCC(c2ccc(OC)cc2Cl)C1c1ccc(Cl)cc1. The van der Waals surface area contributed by atoms with Gasteiger partial charge >= 0.3 is 0 Å². The molecule has 144 valence electrons. The summed E-state index contributed by atoms with van der Waals surface area (Å²) < 4.78 is 5.30. The van der Waals surface area contributed by atoms with Crippen molar-refractivity contribution in [1.29, 1.82) is 0 Å². The van der Waals surface area contributed by atoms with Crippen molar-refractivity contribution in [1.82, 2.24) is 5.32 Å². The highest BCUT2D eigenvalue weighted by molar-refractivity contribution is 6.31. The summed E-state index contributed by atoms with van der Waals surface area (Å²) in [4.78, 5) is 11.8. The molecular formula is C22H25Cl2NO2. The van der Waals surface area contributed by atoms with Crippen molar-refractivity contribution in [2.45, 2.75) is 24.7 Å². The molecule has 1 N–H and O–H groups in total. The fourth-order valence-corrected chi connectivity index (χ4v) is 4.90. The maximum atomic E-state index is 11.8. The first kappa shape index (κ1) is 20.2. The molecule has 0 radical (unpaired) electrons. The minimum atomic E-state index is 0.0337. The molecule has 0 heterocycles. The number of hydrogen-bond donors (Lipinski definition) is 1. The fourth-order valence-electron chi connectivity index (χ4n) is 4.46. The fraction of sp³-hybridized carbons (Fsp3) is 0.409. The Labute approximate surface area is 171 Å². The van der Waals surface area contributed by atoms with Crippen LogP contribution >= 0.6 is 23.2 Å². The van der Waals surface area contributed by atoms with Gasteiger partial charge in [-0.15, -0.1) is 0 Å². The van der Waals surface area contributed by atoms with Crippen molar-refractivity contribution in [3.8, 4) is 5.75 Å². The molecule has 1 aliphatic carbocycles. The summed E-state index contributed by atoms with van der Waals surface area (Å²) in [7, 11) is 3.57. The minimum Gasteiger partial charge on any atom is -0.497 e. The summed E-state index contributed by atoms with van der Waals surface area (Å²) in [6, 6.07) is 13.9. The number of carbonyl (C=O) groups excluding carboxylic acids is 1. The molecule has 0 spiro atoms. The third-order valence-electron chi connectivity index (χ3n) is 5.73. The van der Waals surface area contributed by atoms with Gasteiger partial charge in [-0.05, 0) is 79.6 Å². The maximum absolute atomic E-state index is 11.8. The van der Waals surface area contributed by atoms with Gasteiger partial charge in [0.2, 0.25) is 0 Å². The largest absolute Gasteiger partial charge is 0.497 e. The smallest absolute Gasteiger partial charge is 0.123 e. The first-order valence-corrected chi connectivity index (χ1v) is 10.0. The number of aldehydes is 1. The van der Waals surface area contributed by atoms with E-state index in [2.05, 4.69) is 23.5 Å². The Bertz CT molecular complexity index is 778. The van der Waals surface area contributed by atoms with E-state index in [1.165, 1.54) is 5.56 Å². The summed E-state index contributed by atoms with van der Waals surface area (Å²) in [5.41, 5.74) is 2.31. The van der Waals surface area contributed by atoms with Crippen molar-refractivity contribution in [3.63, 3.8) is 0 Å². The predicted octanol–water partition coefficient (Wildman–Crippen LogP) is 5.31. The van der Waals surface area contributed by atoms with Gasteiger partial charge in [0.25, 0.3) is 0 Å². The van der Waals surface area contributed by atoms with Gasteiger partial charge in [-0.1, -0.05) is 41.4 Å². The zero-order valence-electron chi connectivity index (χ0n) is 15.6. The van der Waals surface area contributed by atoms with Crippen LogP contribution < -0.4 is 10.1 Å². The Morgan fingerprint density at radius 1 is 1.15 bits per heavy atom. The molecule has 5 heteroatoms. The van der Waals surface area contributed by atoms with Crippen LogP contribution in [0.25, 0.3) is 0 Å². The van der Waals surface area contributed by atoms with Crippen molar-refractivity contribution >= 4 is 29.5 Å². The Morgan fingerprint density at radius 2 is 1.89 bits per heavy atom. The monoisotopic (exact) mass is 405 g/mol. The van der Waals surface area contributed by atoms with Crippen LogP contribution in [0.5, 0.6) is 5.75 Å². The first-order valence-electron chi connectivity index (χ1n) is 9.27. The van der Waals surface area contributed by atoms with Gasteiger partial charge in [-0.2, -0.15) is 0 Å². The van der Waals surface area contributed by atoms with Gasteiger partial charge in [0, 0.05) is 16.0 Å². The number of halogens is 2. The lowest BCUT2D eigenvalue weighted by Crippen LogP contribution is -2.38. The predicted molar refractivity (Wildman–Crippen MR) is 111 cm³/mol. The lowest BCUT2D eigenvalue weighted by molar-refractivity contribution is -0.113. The third kappa shape index (κ3) is 4.31. The molecule has 1 fully saturated rings. The lowest BCUT2D eigenvalue weighted by atomic mass is 9.62. The zero-order chi connectivity index (χ0) is 19.4. The van der Waals surface area contributed by atoms with Crippen LogP contribution in [0.1, 0.15) is 35.8 Å². The molecule has 0 aromatic heterocycles. The van der Waals surface area contributed by atoms with E-state index in [9.17, 15) is 4.79 Å². The standard InChI is InChI=1S/C22H25Cl2NO2/c1-25-12-20-15(13-26)5-9-19(18-10-8-17(27-2)11-21(18)24)22(20)14-3-6-16(23)7-4-14/h3-4,6-8,10-11,13,15,19-20,22,25H,5,9,12H2,1-2H3. The Hall–Kier alpha value is -1.55. The Kier molecular flexibility index (Phi) is 6.80. The summed E-state index contributed by atoms with van der Waals surface area (Å²) in [6.07, 6.45) is 2.91. The highest BCUT2D eigenvalue weighted by atomic mass is 35.5. The number of nitrogens with one attached hydrogen (secondary N) is 1. The number of hydrogen-bond acceptors (Lipinski definition) is 3. The molecule has 0 saturated heterocycles. The van der Waals surface area contributed by atoms with Crippen LogP contribution in [-0.4, -0.2) is 27.0 Å². The average molecular weight is 406 g/mol. The molecule has 1 aliphatic rings. The second-order valence-electron chi connectivity index (χ2n) is 7.17. The van der Waals surface area contributed by atoms with E-state index in [0.717, 1.165) is 37.0 Å². The highest BCUT2D eigenvalue weighted by Crippen LogP contribution is 2.50. The van der Waals surface area contributed by atoms with Gasteiger partial charge in [0.05, 0.1) is 7.11 Å². The van der Waals surface area contributed by atoms with Crippen molar-refractivity contribution in [3.05, 3.63) is 63.6 Å². The van der Waals surface area contributed by atoms with Crippen LogP contribution in [0.3, 0.4) is 0 Å². The highest BCUT2D eigenvalue weighted by Gasteiger charge is 2.41. The zero-order valence-corrected chi connectivity index (χ0v) is 17.1. The van der Waals surface area contributed by atoms with Crippen LogP contribution in [0, 0.1) is 11.8 Å². The molecule has 27 heavy (non-hydrogen) atoms. The summed E-state index contributed by atoms with van der Waals surface area (Å²) in [5, 5.41) is 4.71. The van der Waals surface area contributed by atoms with Crippen LogP contribution in [-0.2, 0) is 4.79 Å². The second kappa shape index (κ2) is 9.09. The van der Waals surface area contributed by atoms with E-state index in [-0.39, 0.29) is 23.7 Å². The van der Waals surface area contributed by atoms with Crippen molar-refractivity contribution in [2.24, 2.45) is 11.8 Å². The molecule has 4 unspecified atom stereocenters. The molecule has 1 saturated carbocycles. The molecule has 3 nitrogen and oxygen atoms in total. The van der Waals surface area contributed by atoms with Crippen LogP contribution in [0.4, 0.5) is 0 Å². The Morgan fingerprint density at radius 3 is 2.48 bits per heavy atom. The molecule has 2 aromatic rings. The number of benzene rings is 2. The van der Waals surface area contributed by atoms with Gasteiger partial charge < -0.3 is 14.8 Å². The van der Waals surface area contributed by atoms with E-state index >= 15 is 0 Å². The van der Waals surface area contributed by atoms with Gasteiger partial charge in [-0.25, -0.2) is 0 Å². The summed E-state index contributed by atoms with van der Waals surface area (Å²) in [6.45, 7) is 0.779. The number of rotatable bonds is 6. The molecule has 3 rings (SSSR count). The molecule has 0 aliphatic heterocycles. The van der Waals surface area contributed by atoms with E-state index in [1.807, 2.05) is 31.3 Å². The molecule has 4 atom stereocenters. The van der Waals surface area contributed by atoms with Crippen molar-refractivity contribution in [2.75, 3.05) is 20.7 Å². The summed E-state index contributed by atoms with van der Waals surface area (Å²) in [5.74, 6) is 1.40. The van der Waals surface area contributed by atoms with E-state index in [0.29, 0.717) is 10.0 Å². The van der Waals surface area contributed by atoms with E-state index < -0.39 is 0 Å². The molecule has 0 amide bonds. The van der Waals surface area contributed by atoms with Crippen LogP contribution in [0.15, 0.2) is 42.5 Å². The van der Waals surface area contributed by atoms with Crippen molar-refractivity contribution < 1.29 is 9.53 Å². The normalized spacial score (nSPS) is 25.2. The number of carbonyl (C=O) groups is 1.